The lowest BCUT2D eigenvalue weighted by Gasteiger charge is -2.43. The summed E-state index contributed by atoms with van der Waals surface area (Å²) in [6, 6.07) is 8.20. The second kappa shape index (κ2) is 7.72. The Morgan fingerprint density at radius 2 is 1.54 bits per heavy atom. The van der Waals surface area contributed by atoms with Gasteiger partial charge >= 0.3 is 0 Å². The van der Waals surface area contributed by atoms with Crippen molar-refractivity contribution in [3.8, 4) is 28.7 Å². The highest BCUT2D eigenvalue weighted by atomic mass is 16.5. The Morgan fingerprint density at radius 3 is 2.00 bits per heavy atom. The number of phenolic OH excluding ortho intramolecular Hbond substituents is 1. The molecule has 0 saturated carbocycles. The predicted octanol–water partition coefficient (Wildman–Crippen LogP) is 3.46. The third-order valence-corrected chi connectivity index (χ3v) is 4.78. The van der Waals surface area contributed by atoms with Gasteiger partial charge in [-0.25, -0.2) is 0 Å². The summed E-state index contributed by atoms with van der Waals surface area (Å²) in [4.78, 5) is 14.4. The largest absolute Gasteiger partial charge is 0.504 e. The summed E-state index contributed by atoms with van der Waals surface area (Å²) in [6.45, 7) is 1.82. The van der Waals surface area contributed by atoms with Crippen LogP contribution < -0.4 is 23.8 Å². The van der Waals surface area contributed by atoms with Crippen LogP contribution in [0.3, 0.4) is 0 Å². The number of carbonyl (C=O) groups is 1. The van der Waals surface area contributed by atoms with E-state index in [0.717, 1.165) is 5.56 Å². The maximum atomic E-state index is 12.8. The second-order valence-corrected chi connectivity index (χ2v) is 6.14. The van der Waals surface area contributed by atoms with Crippen molar-refractivity contribution in [2.75, 3.05) is 33.3 Å². The first kappa shape index (κ1) is 19.4. The fraction of sp³-hybridized carbons (Fsp3) is 0.286. The number of ether oxygens (including phenoxy) is 4. The Kier molecular flexibility index (Phi) is 5.35. The molecule has 0 radical (unpaired) electrons. The number of nitrogens with zero attached hydrogens (tertiary/aromatic N) is 1. The number of allylic oxidation sites excluding steroid dienone is 1. The predicted molar refractivity (Wildman–Crippen MR) is 105 cm³/mol. The molecule has 1 N–H and O–H groups in total. The van der Waals surface area contributed by atoms with Crippen LogP contribution in [0.5, 0.6) is 28.7 Å². The van der Waals surface area contributed by atoms with Crippen molar-refractivity contribution >= 4 is 11.6 Å². The van der Waals surface area contributed by atoms with E-state index in [2.05, 4.69) is 0 Å². The molecular formula is C21H23NO6. The van der Waals surface area contributed by atoms with Gasteiger partial charge in [0.15, 0.2) is 23.0 Å². The van der Waals surface area contributed by atoms with E-state index >= 15 is 0 Å². The Morgan fingerprint density at radius 1 is 0.929 bits per heavy atom. The second-order valence-electron chi connectivity index (χ2n) is 6.14. The van der Waals surface area contributed by atoms with Crippen LogP contribution in [0.1, 0.15) is 18.5 Å². The molecule has 1 atom stereocenters. The molecule has 0 spiro atoms. The Labute approximate surface area is 163 Å². The van der Waals surface area contributed by atoms with E-state index in [9.17, 15) is 9.90 Å². The van der Waals surface area contributed by atoms with Crippen LogP contribution in [0, 0.1) is 0 Å². The molecule has 1 heterocycles. The number of methoxy groups -OCH3 is 4. The van der Waals surface area contributed by atoms with E-state index in [-0.39, 0.29) is 17.7 Å². The fourth-order valence-electron chi connectivity index (χ4n) is 3.41. The third kappa shape index (κ3) is 2.98. The van der Waals surface area contributed by atoms with Crippen molar-refractivity contribution in [1.29, 1.82) is 0 Å². The average Bonchev–Trinajstić information content (AvgIpc) is 2.71. The molecule has 148 valence electrons. The standard InChI is InChI=1S/C21H23NO6/c1-6-14-19(12-7-8-16(25-2)15(23)9-12)22(21(14)24)13-10-17(26-3)20(28-5)18(11-13)27-4/h6-11,19,23H,1-5H3. The summed E-state index contributed by atoms with van der Waals surface area (Å²) in [6.07, 6.45) is 1.78. The number of hydrogen-bond donors (Lipinski definition) is 1. The minimum atomic E-state index is -0.350. The van der Waals surface area contributed by atoms with Crippen molar-refractivity contribution in [1.82, 2.24) is 0 Å². The number of aromatic hydroxyl groups is 1. The Hall–Kier alpha value is -3.35. The zero-order chi connectivity index (χ0) is 20.4. The lowest BCUT2D eigenvalue weighted by atomic mass is 9.87. The molecule has 1 fully saturated rings. The Balaban J connectivity index is 2.10. The molecule has 7 heteroatoms. The monoisotopic (exact) mass is 385 g/mol. The summed E-state index contributed by atoms with van der Waals surface area (Å²) >= 11 is 0. The van der Waals surface area contributed by atoms with E-state index < -0.39 is 0 Å². The smallest absolute Gasteiger partial charge is 0.257 e. The van der Waals surface area contributed by atoms with Crippen LogP contribution in [-0.2, 0) is 4.79 Å². The lowest BCUT2D eigenvalue weighted by molar-refractivity contribution is -0.119. The number of amides is 1. The summed E-state index contributed by atoms with van der Waals surface area (Å²) < 4.78 is 21.3. The average molecular weight is 385 g/mol. The summed E-state index contributed by atoms with van der Waals surface area (Å²) in [5.41, 5.74) is 2.00. The van der Waals surface area contributed by atoms with Gasteiger partial charge in [-0.05, 0) is 24.6 Å². The molecule has 1 unspecified atom stereocenters. The van der Waals surface area contributed by atoms with Crippen molar-refractivity contribution in [2.45, 2.75) is 13.0 Å². The molecule has 28 heavy (non-hydrogen) atoms. The first-order chi connectivity index (χ1) is 13.5. The number of phenols is 1. The van der Waals surface area contributed by atoms with E-state index in [1.807, 2.05) is 13.0 Å². The van der Waals surface area contributed by atoms with Crippen LogP contribution in [0.2, 0.25) is 0 Å². The van der Waals surface area contributed by atoms with Crippen LogP contribution in [0.25, 0.3) is 0 Å². The van der Waals surface area contributed by atoms with Gasteiger partial charge in [0.25, 0.3) is 5.91 Å². The molecule has 0 bridgehead atoms. The molecule has 1 saturated heterocycles. The number of rotatable bonds is 6. The van der Waals surface area contributed by atoms with Gasteiger partial charge in [-0.3, -0.25) is 9.69 Å². The highest BCUT2D eigenvalue weighted by Gasteiger charge is 2.44. The van der Waals surface area contributed by atoms with Gasteiger partial charge in [0.1, 0.15) is 0 Å². The van der Waals surface area contributed by atoms with Crippen molar-refractivity contribution in [3.05, 3.63) is 47.5 Å². The van der Waals surface area contributed by atoms with E-state index in [4.69, 9.17) is 18.9 Å². The van der Waals surface area contributed by atoms with Crippen molar-refractivity contribution < 1.29 is 28.8 Å². The maximum Gasteiger partial charge on any atom is 0.257 e. The molecule has 0 aromatic heterocycles. The van der Waals surface area contributed by atoms with E-state index in [1.165, 1.54) is 28.4 Å². The molecular weight excluding hydrogens is 362 g/mol. The zero-order valence-corrected chi connectivity index (χ0v) is 16.5. The van der Waals surface area contributed by atoms with Crippen LogP contribution in [0.15, 0.2) is 42.0 Å². The fourth-order valence-corrected chi connectivity index (χ4v) is 3.41. The highest BCUT2D eigenvalue weighted by Crippen LogP contribution is 2.48. The van der Waals surface area contributed by atoms with E-state index in [1.54, 1.807) is 35.2 Å². The van der Waals surface area contributed by atoms with Gasteiger partial charge in [-0.2, -0.15) is 0 Å². The topological polar surface area (TPSA) is 77.5 Å². The van der Waals surface area contributed by atoms with Gasteiger partial charge in [-0.1, -0.05) is 12.1 Å². The molecule has 7 nitrogen and oxygen atoms in total. The van der Waals surface area contributed by atoms with Crippen molar-refractivity contribution in [2.24, 2.45) is 0 Å². The van der Waals surface area contributed by atoms with Gasteiger partial charge in [0.2, 0.25) is 5.75 Å². The number of benzene rings is 2. The molecule has 1 aliphatic heterocycles. The number of anilines is 1. The Bertz CT molecular complexity index is 911. The third-order valence-electron chi connectivity index (χ3n) is 4.78. The normalized spacial score (nSPS) is 17.3. The van der Waals surface area contributed by atoms with Crippen LogP contribution >= 0.6 is 0 Å². The SMILES string of the molecule is CC=C1C(=O)N(c2cc(OC)c(OC)c(OC)c2)C1c1ccc(OC)c(O)c1. The maximum absolute atomic E-state index is 12.8. The minimum absolute atomic E-state index is 0.0136. The molecule has 3 rings (SSSR count). The minimum Gasteiger partial charge on any atom is -0.504 e. The number of carbonyl (C=O) groups excluding carboxylic acids is 1. The number of hydrogen-bond acceptors (Lipinski definition) is 6. The molecule has 2 aromatic carbocycles. The lowest BCUT2D eigenvalue weighted by Crippen LogP contribution is -2.49. The zero-order valence-electron chi connectivity index (χ0n) is 16.5. The van der Waals surface area contributed by atoms with Gasteiger partial charge in [0.05, 0.1) is 40.2 Å². The van der Waals surface area contributed by atoms with E-state index in [0.29, 0.717) is 34.3 Å². The molecule has 0 aliphatic carbocycles. The van der Waals surface area contributed by atoms with Crippen LogP contribution in [0.4, 0.5) is 5.69 Å². The summed E-state index contributed by atoms with van der Waals surface area (Å²) in [7, 11) is 6.06. The van der Waals surface area contributed by atoms with Gasteiger partial charge in [-0.15, -0.1) is 0 Å². The summed E-state index contributed by atoms with van der Waals surface area (Å²) in [5, 5.41) is 10.2. The molecule has 1 amide bonds. The first-order valence-electron chi connectivity index (χ1n) is 8.67. The highest BCUT2D eigenvalue weighted by molar-refractivity contribution is 6.15. The quantitative estimate of drug-likeness (QED) is 0.606. The van der Waals surface area contributed by atoms with Crippen molar-refractivity contribution in [3.63, 3.8) is 0 Å². The molecule has 2 aromatic rings. The summed E-state index contributed by atoms with van der Waals surface area (Å²) in [5.74, 6) is 1.61. The van der Waals surface area contributed by atoms with Gasteiger partial charge in [0, 0.05) is 17.7 Å². The molecule has 1 aliphatic rings. The number of β-lactam (4-membered cyclic amide) rings is 1. The van der Waals surface area contributed by atoms with Crippen LogP contribution in [-0.4, -0.2) is 39.5 Å². The first-order valence-corrected chi connectivity index (χ1v) is 8.67. The van der Waals surface area contributed by atoms with Gasteiger partial charge < -0.3 is 24.1 Å².